The molecule has 0 aliphatic carbocycles. The number of alkyl halides is 3. The average Bonchev–Trinajstić information content (AvgIpc) is 2.99. The van der Waals surface area contributed by atoms with Crippen LogP contribution in [0, 0.1) is 5.82 Å². The number of rotatable bonds is 3. The van der Waals surface area contributed by atoms with E-state index in [1.165, 1.54) is 11.0 Å². The molecule has 2 amide bonds. The van der Waals surface area contributed by atoms with Gasteiger partial charge in [0.1, 0.15) is 5.82 Å². The Morgan fingerprint density at radius 2 is 2.00 bits per heavy atom. The predicted molar refractivity (Wildman–Crippen MR) is 99.3 cm³/mol. The van der Waals surface area contributed by atoms with Crippen molar-refractivity contribution in [2.45, 2.75) is 43.8 Å². The summed E-state index contributed by atoms with van der Waals surface area (Å²) in [5.74, 6) is -2.97. The quantitative estimate of drug-likeness (QED) is 0.713. The van der Waals surface area contributed by atoms with Gasteiger partial charge in [-0.2, -0.15) is 13.2 Å². The van der Waals surface area contributed by atoms with Gasteiger partial charge in [-0.15, -0.1) is 0 Å². The van der Waals surface area contributed by atoms with Crippen LogP contribution in [0.1, 0.15) is 18.4 Å². The maximum Gasteiger partial charge on any atom is 0.490 e. The lowest BCUT2D eigenvalue weighted by Crippen LogP contribution is -2.50. The highest BCUT2D eigenvalue weighted by Gasteiger charge is 2.44. The van der Waals surface area contributed by atoms with E-state index in [0.717, 1.165) is 31.6 Å². The molecule has 1 aromatic carbocycles. The van der Waals surface area contributed by atoms with Gasteiger partial charge >= 0.3 is 18.2 Å². The number of carbonyl (C=O) groups is 2. The number of likely N-dealkylation sites (tertiary alicyclic amines) is 1. The molecule has 1 aromatic rings. The Morgan fingerprint density at radius 3 is 2.57 bits per heavy atom. The number of fused-ring (bicyclic) bond motifs is 1. The van der Waals surface area contributed by atoms with Crippen molar-refractivity contribution in [1.82, 2.24) is 15.1 Å². The number of hydrogen-bond acceptors (Lipinski definition) is 4. The molecule has 2 aliphatic heterocycles. The lowest BCUT2D eigenvalue weighted by molar-refractivity contribution is -0.192. The van der Waals surface area contributed by atoms with Gasteiger partial charge in [-0.05, 0) is 30.5 Å². The molecule has 3 rings (SSSR count). The molecule has 0 saturated carbocycles. The van der Waals surface area contributed by atoms with E-state index in [1.807, 2.05) is 6.07 Å². The fourth-order valence-corrected chi connectivity index (χ4v) is 3.52. The Hall–Kier alpha value is -2.40. The first-order valence-corrected chi connectivity index (χ1v) is 9.37. The number of benzene rings is 1. The molecule has 168 valence electrons. The summed E-state index contributed by atoms with van der Waals surface area (Å²) >= 11 is 0. The van der Waals surface area contributed by atoms with Crippen molar-refractivity contribution in [3.63, 3.8) is 0 Å². The van der Waals surface area contributed by atoms with E-state index in [2.05, 4.69) is 10.2 Å². The second-order valence-electron chi connectivity index (χ2n) is 7.36. The number of carbonyl (C=O) groups excluding carboxylic acids is 1. The minimum Gasteiger partial charge on any atom is -0.475 e. The molecule has 0 aromatic heterocycles. The number of carboxylic acids is 1. The number of halogens is 4. The van der Waals surface area contributed by atoms with E-state index < -0.39 is 12.1 Å². The molecule has 2 fully saturated rings. The van der Waals surface area contributed by atoms with E-state index >= 15 is 0 Å². The van der Waals surface area contributed by atoms with Crippen LogP contribution in [-0.4, -0.2) is 78.5 Å². The monoisotopic (exact) mass is 435 g/mol. The van der Waals surface area contributed by atoms with Gasteiger partial charge in [0.05, 0.1) is 12.1 Å². The number of nitrogens with one attached hydrogen (secondary N) is 1. The van der Waals surface area contributed by atoms with Gasteiger partial charge in [-0.1, -0.05) is 12.1 Å². The Labute approximate surface area is 171 Å². The summed E-state index contributed by atoms with van der Waals surface area (Å²) in [5, 5.41) is 10.2. The third-order valence-electron chi connectivity index (χ3n) is 4.86. The SMILES string of the molecule is CN(C)C(=O)N[C@H]1CN(Cc2cccc(F)c2)[C@@H]2CCCO[C@H]12.O=C(O)C(F)(F)F. The minimum absolute atomic E-state index is 0.0150. The van der Waals surface area contributed by atoms with Crippen LogP contribution in [0.5, 0.6) is 0 Å². The van der Waals surface area contributed by atoms with Crippen molar-refractivity contribution in [2.75, 3.05) is 27.2 Å². The fourth-order valence-electron chi connectivity index (χ4n) is 3.52. The molecule has 0 radical (unpaired) electrons. The predicted octanol–water partition coefficient (Wildman–Crippen LogP) is 2.46. The van der Waals surface area contributed by atoms with Crippen LogP contribution >= 0.6 is 0 Å². The third-order valence-corrected chi connectivity index (χ3v) is 4.86. The molecule has 0 bridgehead atoms. The van der Waals surface area contributed by atoms with E-state index in [0.29, 0.717) is 6.54 Å². The highest BCUT2D eigenvalue weighted by molar-refractivity contribution is 5.74. The maximum absolute atomic E-state index is 13.4. The van der Waals surface area contributed by atoms with Crippen LogP contribution < -0.4 is 5.32 Å². The first-order valence-electron chi connectivity index (χ1n) is 9.37. The number of urea groups is 1. The number of hydrogen-bond donors (Lipinski definition) is 2. The number of carboxylic acid groups (broad SMARTS) is 1. The summed E-state index contributed by atoms with van der Waals surface area (Å²) in [6.07, 6.45) is -3.00. The van der Waals surface area contributed by atoms with Crippen molar-refractivity contribution in [1.29, 1.82) is 0 Å². The molecule has 7 nitrogen and oxygen atoms in total. The molecular weight excluding hydrogens is 410 g/mol. The lowest BCUT2D eigenvalue weighted by atomic mass is 10.0. The van der Waals surface area contributed by atoms with E-state index in [9.17, 15) is 22.4 Å². The number of aliphatic carboxylic acids is 1. The number of ether oxygens (including phenoxy) is 1. The van der Waals surface area contributed by atoms with Gasteiger partial charge in [0.2, 0.25) is 0 Å². The van der Waals surface area contributed by atoms with Crippen molar-refractivity contribution in [3.05, 3.63) is 35.6 Å². The molecule has 2 heterocycles. The van der Waals surface area contributed by atoms with Gasteiger partial charge in [0.15, 0.2) is 0 Å². The molecule has 2 N–H and O–H groups in total. The normalized spacial score (nSPS) is 23.7. The molecule has 0 unspecified atom stereocenters. The molecule has 11 heteroatoms. The Kier molecular flexibility index (Phi) is 8.02. The second-order valence-corrected chi connectivity index (χ2v) is 7.36. The van der Waals surface area contributed by atoms with Crippen molar-refractivity contribution in [2.24, 2.45) is 0 Å². The lowest BCUT2D eigenvalue weighted by Gasteiger charge is -2.32. The van der Waals surface area contributed by atoms with Crippen LogP contribution in [-0.2, 0) is 16.1 Å². The first-order chi connectivity index (χ1) is 14.0. The zero-order valence-corrected chi connectivity index (χ0v) is 16.7. The maximum atomic E-state index is 13.4. The van der Waals surface area contributed by atoms with Gasteiger partial charge < -0.3 is 20.1 Å². The van der Waals surface area contributed by atoms with Gasteiger partial charge in [0.25, 0.3) is 0 Å². The molecular formula is C19H25F4N3O4. The summed E-state index contributed by atoms with van der Waals surface area (Å²) in [5.41, 5.74) is 0.953. The van der Waals surface area contributed by atoms with Crippen LogP contribution in [0.2, 0.25) is 0 Å². The summed E-state index contributed by atoms with van der Waals surface area (Å²) in [4.78, 5) is 24.7. The molecule has 30 heavy (non-hydrogen) atoms. The van der Waals surface area contributed by atoms with E-state index in [1.54, 1.807) is 26.2 Å². The largest absolute Gasteiger partial charge is 0.490 e. The first kappa shape index (κ1) is 23.9. The molecule has 2 saturated heterocycles. The number of nitrogens with zero attached hydrogens (tertiary/aromatic N) is 2. The molecule has 3 atom stereocenters. The third kappa shape index (κ3) is 6.56. The highest BCUT2D eigenvalue weighted by Crippen LogP contribution is 2.30. The van der Waals surface area contributed by atoms with Gasteiger partial charge in [-0.3, -0.25) is 4.90 Å². The zero-order valence-electron chi connectivity index (χ0n) is 16.7. The van der Waals surface area contributed by atoms with Crippen molar-refractivity contribution < 1.29 is 37.0 Å². The van der Waals surface area contributed by atoms with Gasteiger partial charge in [0, 0.05) is 39.8 Å². The van der Waals surface area contributed by atoms with Gasteiger partial charge in [-0.25, -0.2) is 14.0 Å². The molecule has 0 spiro atoms. The minimum atomic E-state index is -5.08. The Balaban J connectivity index is 0.000000396. The summed E-state index contributed by atoms with van der Waals surface area (Å²) in [6, 6.07) is 6.86. The fraction of sp³-hybridized carbons (Fsp3) is 0.579. The van der Waals surface area contributed by atoms with Crippen molar-refractivity contribution >= 4 is 12.0 Å². The van der Waals surface area contributed by atoms with Crippen LogP contribution in [0.3, 0.4) is 0 Å². The molecule has 2 aliphatic rings. The second kappa shape index (κ2) is 10.1. The Bertz CT molecular complexity index is 745. The van der Waals surface area contributed by atoms with Crippen LogP contribution in [0.15, 0.2) is 24.3 Å². The number of amides is 2. The smallest absolute Gasteiger partial charge is 0.475 e. The zero-order chi connectivity index (χ0) is 22.5. The van der Waals surface area contributed by atoms with Crippen LogP contribution in [0.4, 0.5) is 22.4 Å². The Morgan fingerprint density at radius 1 is 1.33 bits per heavy atom. The van der Waals surface area contributed by atoms with E-state index in [4.69, 9.17) is 14.6 Å². The highest BCUT2D eigenvalue weighted by atomic mass is 19.4. The van der Waals surface area contributed by atoms with Crippen LogP contribution in [0.25, 0.3) is 0 Å². The van der Waals surface area contributed by atoms with E-state index in [-0.39, 0.29) is 30.0 Å². The summed E-state index contributed by atoms with van der Waals surface area (Å²) in [7, 11) is 3.46. The van der Waals surface area contributed by atoms with Crippen molar-refractivity contribution in [3.8, 4) is 0 Å². The average molecular weight is 435 g/mol. The summed E-state index contributed by atoms with van der Waals surface area (Å²) < 4.78 is 51.1. The standard InChI is InChI=1S/C17H24FN3O2.C2HF3O2/c1-20(2)17(22)19-14-11-21(15-7-4-8-23-16(14)15)10-12-5-3-6-13(18)9-12;3-2(4,5)1(6)7/h3,5-6,9,14-16H,4,7-8,10-11H2,1-2H3,(H,19,22);(H,6,7)/t14-,15+,16+;/m0./s1. The summed E-state index contributed by atoms with van der Waals surface area (Å²) in [6.45, 7) is 2.14. The topological polar surface area (TPSA) is 82.1 Å².